The molecule has 3 aromatic carbocycles. The van der Waals surface area contributed by atoms with Crippen molar-refractivity contribution in [2.45, 2.75) is 18.4 Å². The van der Waals surface area contributed by atoms with Crippen LogP contribution in [0.25, 0.3) is 0 Å². The summed E-state index contributed by atoms with van der Waals surface area (Å²) in [6.07, 6.45) is 1.37. The summed E-state index contributed by atoms with van der Waals surface area (Å²) < 4.78 is 38.2. The summed E-state index contributed by atoms with van der Waals surface area (Å²) in [6, 6.07) is 19.7. The van der Waals surface area contributed by atoms with Crippen molar-refractivity contribution in [1.29, 1.82) is 0 Å². The number of methoxy groups -OCH3 is 1. The molecule has 1 aliphatic rings. The Morgan fingerprint density at radius 2 is 1.50 bits per heavy atom. The molecule has 0 aliphatic carbocycles. The zero-order chi connectivity index (χ0) is 29.1. The summed E-state index contributed by atoms with van der Waals surface area (Å²) in [6.45, 7) is 1.40. The number of hydrogen-bond acceptors (Lipinski definition) is 5. The fraction of sp³-hybridized carbons (Fsp3) is 0.233. The van der Waals surface area contributed by atoms with E-state index >= 15 is 0 Å². The Labute approximate surface area is 230 Å². The molecule has 4 rings (SSSR count). The van der Waals surface area contributed by atoms with Crippen molar-refractivity contribution in [3.63, 3.8) is 0 Å². The summed E-state index contributed by atoms with van der Waals surface area (Å²) in [4.78, 5) is 33.9. The van der Waals surface area contributed by atoms with Gasteiger partial charge in [-0.05, 0) is 59.5 Å². The summed E-state index contributed by atoms with van der Waals surface area (Å²) in [5.41, 5.74) is 2.48. The topological polar surface area (TPSA) is 113 Å². The van der Waals surface area contributed by atoms with Gasteiger partial charge in [0.1, 0.15) is 23.5 Å². The summed E-state index contributed by atoms with van der Waals surface area (Å²) in [7, 11) is 1.61. The number of benzene rings is 3. The first-order chi connectivity index (χ1) is 19.2. The lowest BCUT2D eigenvalue weighted by atomic mass is 9.97. The molecule has 210 valence electrons. The van der Waals surface area contributed by atoms with E-state index in [1.165, 1.54) is 24.3 Å². The lowest BCUT2D eigenvalue weighted by molar-refractivity contribution is -0.134. The zero-order valence-corrected chi connectivity index (χ0v) is 21.7. The van der Waals surface area contributed by atoms with Crippen LogP contribution >= 0.6 is 0 Å². The minimum absolute atomic E-state index is 0.0713. The molecule has 0 aromatic heterocycles. The standard InChI is InChI=1S/C26H25F2NO3.C4H4O4/c1-31-23-4-2-3-20(17-23)24-13-14-29(26(24)30)15-16-32-25(18-5-9-21(27)10-6-18)19-7-11-22(28)12-8-19;5-3(6)1-2-4(7)8/h2-12,17,24-25H,13-16H2,1H3;1-2H,(H,5,6)(H,7,8)/b;2-1+. The fourth-order valence-electron chi connectivity index (χ4n) is 4.21. The third-order valence-electron chi connectivity index (χ3n) is 6.15. The molecule has 0 spiro atoms. The van der Waals surface area contributed by atoms with Crippen LogP contribution in [0.2, 0.25) is 0 Å². The average Bonchev–Trinajstić information content (AvgIpc) is 3.31. The third kappa shape index (κ3) is 8.74. The van der Waals surface area contributed by atoms with Crippen LogP contribution < -0.4 is 4.74 Å². The monoisotopic (exact) mass is 553 g/mol. The number of nitrogens with zero attached hydrogens (tertiary/aromatic N) is 1. The summed E-state index contributed by atoms with van der Waals surface area (Å²) >= 11 is 0. The highest BCUT2D eigenvalue weighted by Crippen LogP contribution is 2.31. The Kier molecular flexibility index (Phi) is 10.9. The highest BCUT2D eigenvalue weighted by atomic mass is 19.1. The predicted octanol–water partition coefficient (Wildman–Crippen LogP) is 4.81. The minimum Gasteiger partial charge on any atom is -0.497 e. The summed E-state index contributed by atoms with van der Waals surface area (Å²) in [5.74, 6) is -2.56. The first-order valence-corrected chi connectivity index (χ1v) is 12.4. The van der Waals surface area contributed by atoms with E-state index in [-0.39, 0.29) is 23.5 Å². The van der Waals surface area contributed by atoms with Gasteiger partial charge in [-0.25, -0.2) is 18.4 Å². The van der Waals surface area contributed by atoms with Crippen LogP contribution in [-0.4, -0.2) is 59.8 Å². The van der Waals surface area contributed by atoms with E-state index in [0.717, 1.165) is 28.9 Å². The van der Waals surface area contributed by atoms with Gasteiger partial charge in [-0.2, -0.15) is 0 Å². The van der Waals surface area contributed by atoms with Gasteiger partial charge in [-0.3, -0.25) is 4.79 Å². The minimum atomic E-state index is -1.26. The van der Waals surface area contributed by atoms with Crippen LogP contribution in [0.1, 0.15) is 35.1 Å². The Morgan fingerprint density at radius 1 is 0.950 bits per heavy atom. The first kappa shape index (κ1) is 30.0. The molecule has 3 aromatic rings. The Hall–Kier alpha value is -4.57. The lowest BCUT2D eigenvalue weighted by Gasteiger charge is -2.22. The maximum absolute atomic E-state index is 13.4. The van der Waals surface area contributed by atoms with Gasteiger partial charge in [0.15, 0.2) is 0 Å². The van der Waals surface area contributed by atoms with Gasteiger partial charge in [0, 0.05) is 25.2 Å². The van der Waals surface area contributed by atoms with Crippen molar-refractivity contribution < 1.29 is 42.9 Å². The van der Waals surface area contributed by atoms with Gasteiger partial charge in [-0.15, -0.1) is 0 Å². The molecular formula is C30H29F2NO7. The Balaban J connectivity index is 0.000000482. The second-order valence-corrected chi connectivity index (χ2v) is 8.81. The largest absolute Gasteiger partial charge is 0.497 e. The number of halogens is 2. The smallest absolute Gasteiger partial charge is 0.328 e. The molecular weight excluding hydrogens is 524 g/mol. The molecule has 1 unspecified atom stereocenters. The van der Waals surface area contributed by atoms with Crippen molar-refractivity contribution in [3.8, 4) is 5.75 Å². The van der Waals surface area contributed by atoms with Crippen LogP contribution in [0.5, 0.6) is 5.75 Å². The number of rotatable bonds is 10. The van der Waals surface area contributed by atoms with Gasteiger partial charge in [0.2, 0.25) is 5.91 Å². The molecule has 1 amide bonds. The Morgan fingerprint density at radius 3 is 2.00 bits per heavy atom. The molecule has 1 atom stereocenters. The molecule has 1 aliphatic heterocycles. The van der Waals surface area contributed by atoms with E-state index in [0.29, 0.717) is 31.8 Å². The number of carboxylic acids is 2. The van der Waals surface area contributed by atoms with E-state index in [9.17, 15) is 23.2 Å². The van der Waals surface area contributed by atoms with Gasteiger partial charge in [0.05, 0.1) is 19.6 Å². The lowest BCUT2D eigenvalue weighted by Crippen LogP contribution is -2.30. The van der Waals surface area contributed by atoms with Crippen LogP contribution in [0.4, 0.5) is 8.78 Å². The molecule has 2 N–H and O–H groups in total. The van der Waals surface area contributed by atoms with Crippen molar-refractivity contribution >= 4 is 17.8 Å². The second-order valence-electron chi connectivity index (χ2n) is 8.81. The van der Waals surface area contributed by atoms with Gasteiger partial charge >= 0.3 is 11.9 Å². The number of carbonyl (C=O) groups is 3. The van der Waals surface area contributed by atoms with E-state index < -0.39 is 18.0 Å². The maximum atomic E-state index is 13.4. The van der Waals surface area contributed by atoms with Crippen molar-refractivity contribution in [2.24, 2.45) is 0 Å². The quantitative estimate of drug-likeness (QED) is 0.347. The van der Waals surface area contributed by atoms with Crippen LogP contribution in [0, 0.1) is 11.6 Å². The van der Waals surface area contributed by atoms with E-state index in [2.05, 4.69) is 0 Å². The van der Waals surface area contributed by atoms with E-state index in [1.807, 2.05) is 24.3 Å². The van der Waals surface area contributed by atoms with Gasteiger partial charge < -0.3 is 24.6 Å². The average molecular weight is 554 g/mol. The highest BCUT2D eigenvalue weighted by molar-refractivity contribution is 5.89. The van der Waals surface area contributed by atoms with Crippen molar-refractivity contribution in [1.82, 2.24) is 4.90 Å². The number of hydrogen-bond donors (Lipinski definition) is 2. The maximum Gasteiger partial charge on any atom is 0.328 e. The number of amides is 1. The molecule has 1 heterocycles. The SMILES string of the molecule is COc1cccc(C2CCN(CCOC(c3ccc(F)cc3)c3ccc(F)cc3)C2=O)c1.O=C(O)/C=C/C(=O)O. The Bertz CT molecular complexity index is 1270. The predicted molar refractivity (Wildman–Crippen MR) is 142 cm³/mol. The first-order valence-electron chi connectivity index (χ1n) is 12.4. The number of likely N-dealkylation sites (tertiary alicyclic amines) is 1. The van der Waals surface area contributed by atoms with Crippen molar-refractivity contribution in [3.05, 3.63) is 113 Å². The van der Waals surface area contributed by atoms with E-state index in [1.54, 1.807) is 36.3 Å². The van der Waals surface area contributed by atoms with Crippen molar-refractivity contribution in [2.75, 3.05) is 26.8 Å². The number of carboxylic acid groups (broad SMARTS) is 2. The fourth-order valence-corrected chi connectivity index (χ4v) is 4.21. The molecule has 8 nitrogen and oxygen atoms in total. The summed E-state index contributed by atoms with van der Waals surface area (Å²) in [5, 5.41) is 15.6. The zero-order valence-electron chi connectivity index (χ0n) is 21.7. The molecule has 0 bridgehead atoms. The molecule has 0 radical (unpaired) electrons. The van der Waals surface area contributed by atoms with Crippen LogP contribution in [-0.2, 0) is 19.1 Å². The normalized spacial score (nSPS) is 14.8. The van der Waals surface area contributed by atoms with Gasteiger partial charge in [-0.1, -0.05) is 36.4 Å². The van der Waals surface area contributed by atoms with Crippen LogP contribution in [0.3, 0.4) is 0 Å². The number of ether oxygens (including phenoxy) is 2. The second kappa shape index (κ2) is 14.5. The molecule has 40 heavy (non-hydrogen) atoms. The molecule has 1 saturated heterocycles. The number of carbonyl (C=O) groups excluding carboxylic acids is 1. The van der Waals surface area contributed by atoms with Gasteiger partial charge in [0.25, 0.3) is 0 Å². The third-order valence-corrected chi connectivity index (χ3v) is 6.15. The molecule has 10 heteroatoms. The highest BCUT2D eigenvalue weighted by Gasteiger charge is 2.32. The molecule has 0 saturated carbocycles. The number of aliphatic carboxylic acids is 2. The van der Waals surface area contributed by atoms with E-state index in [4.69, 9.17) is 19.7 Å². The van der Waals surface area contributed by atoms with Crippen LogP contribution in [0.15, 0.2) is 84.9 Å². The molecule has 1 fully saturated rings.